The smallest absolute Gasteiger partial charge is 0.191 e. The number of nitrogens with one attached hydrogen (secondary N) is 2. The molecule has 0 bridgehead atoms. The summed E-state index contributed by atoms with van der Waals surface area (Å²) in [5.41, 5.74) is 1.39. The van der Waals surface area contributed by atoms with Gasteiger partial charge in [-0.1, -0.05) is 30.3 Å². The summed E-state index contributed by atoms with van der Waals surface area (Å²) in [6, 6.07) is 11.8. The zero-order valence-corrected chi connectivity index (χ0v) is 16.5. The van der Waals surface area contributed by atoms with Gasteiger partial charge in [-0.15, -0.1) is 0 Å². The molecule has 0 saturated carbocycles. The van der Waals surface area contributed by atoms with Gasteiger partial charge in [-0.25, -0.2) is 4.98 Å². The normalized spacial score (nSPS) is 21.2. The molecule has 0 radical (unpaired) electrons. The van der Waals surface area contributed by atoms with Crippen molar-refractivity contribution in [2.24, 2.45) is 4.99 Å². The van der Waals surface area contributed by atoms with Gasteiger partial charge >= 0.3 is 0 Å². The van der Waals surface area contributed by atoms with Crippen LogP contribution in [0.25, 0.3) is 0 Å². The van der Waals surface area contributed by atoms with Crippen LogP contribution in [0.4, 0.5) is 0 Å². The average Bonchev–Trinajstić information content (AvgIpc) is 3.20. The number of aryl methyl sites for hydroxylation is 1. The van der Waals surface area contributed by atoms with Crippen LogP contribution in [0.5, 0.6) is 0 Å². The van der Waals surface area contributed by atoms with Crippen molar-refractivity contribution in [1.29, 1.82) is 0 Å². The van der Waals surface area contributed by atoms with Gasteiger partial charge in [-0.05, 0) is 31.7 Å². The standard InChI is InChI=1S/C21H32N6/c1-18-15-20(9-13-27(18)16-19-7-4-3-5-8-19)25-21(22-2)24-10-6-12-26-14-11-23-17-26/h3-5,7-8,11,14,17-18,20H,6,9-10,12-13,15-16H2,1-2H3,(H2,22,24,25). The third kappa shape index (κ3) is 6.10. The van der Waals surface area contributed by atoms with E-state index in [0.29, 0.717) is 12.1 Å². The Hall–Kier alpha value is -2.34. The van der Waals surface area contributed by atoms with Crippen LogP contribution in [0.15, 0.2) is 54.0 Å². The molecular formula is C21H32N6. The topological polar surface area (TPSA) is 57.5 Å². The monoisotopic (exact) mass is 368 g/mol. The fourth-order valence-corrected chi connectivity index (χ4v) is 3.68. The summed E-state index contributed by atoms with van der Waals surface area (Å²) >= 11 is 0. The molecule has 2 aromatic rings. The fraction of sp³-hybridized carbons (Fsp3) is 0.524. The molecule has 1 aromatic carbocycles. The number of rotatable bonds is 7. The Kier molecular flexibility index (Phi) is 7.27. The molecular weight excluding hydrogens is 336 g/mol. The van der Waals surface area contributed by atoms with Gasteiger partial charge in [-0.3, -0.25) is 9.89 Å². The molecule has 2 heterocycles. The summed E-state index contributed by atoms with van der Waals surface area (Å²) in [5.74, 6) is 0.911. The highest BCUT2D eigenvalue weighted by Crippen LogP contribution is 2.19. The highest BCUT2D eigenvalue weighted by Gasteiger charge is 2.25. The molecule has 6 heteroatoms. The lowest BCUT2D eigenvalue weighted by atomic mass is 9.97. The van der Waals surface area contributed by atoms with Crippen LogP contribution >= 0.6 is 0 Å². The molecule has 0 spiro atoms. The van der Waals surface area contributed by atoms with Crippen molar-refractivity contribution in [2.45, 2.75) is 51.4 Å². The lowest BCUT2D eigenvalue weighted by Gasteiger charge is -2.38. The zero-order chi connectivity index (χ0) is 18.9. The average molecular weight is 369 g/mol. The first-order valence-electron chi connectivity index (χ1n) is 9.95. The Morgan fingerprint density at radius 2 is 2.15 bits per heavy atom. The molecule has 1 saturated heterocycles. The zero-order valence-electron chi connectivity index (χ0n) is 16.5. The number of guanidine groups is 1. The number of aliphatic imine (C=N–C) groups is 1. The quantitative estimate of drug-likeness (QED) is 0.448. The van der Waals surface area contributed by atoms with E-state index in [-0.39, 0.29) is 0 Å². The number of benzene rings is 1. The molecule has 3 rings (SSSR count). The third-order valence-electron chi connectivity index (χ3n) is 5.25. The molecule has 6 nitrogen and oxygen atoms in total. The Labute approximate surface area is 162 Å². The Bertz CT molecular complexity index is 682. The Morgan fingerprint density at radius 1 is 1.30 bits per heavy atom. The first-order valence-corrected chi connectivity index (χ1v) is 9.95. The number of hydrogen-bond acceptors (Lipinski definition) is 3. The highest BCUT2D eigenvalue weighted by molar-refractivity contribution is 5.79. The molecule has 146 valence electrons. The van der Waals surface area contributed by atoms with Gasteiger partial charge in [0, 0.05) is 57.7 Å². The van der Waals surface area contributed by atoms with Crippen molar-refractivity contribution in [1.82, 2.24) is 25.1 Å². The lowest BCUT2D eigenvalue weighted by Crippen LogP contribution is -2.51. The largest absolute Gasteiger partial charge is 0.356 e. The van der Waals surface area contributed by atoms with Crippen LogP contribution in [0.2, 0.25) is 0 Å². The first kappa shape index (κ1) is 19.4. The van der Waals surface area contributed by atoms with Crippen LogP contribution in [-0.4, -0.2) is 52.6 Å². The summed E-state index contributed by atoms with van der Waals surface area (Å²) in [5, 5.41) is 7.04. The number of piperidine rings is 1. The Balaban J connectivity index is 1.38. The van der Waals surface area contributed by atoms with Crippen molar-refractivity contribution in [3.05, 3.63) is 54.6 Å². The molecule has 0 aliphatic carbocycles. The molecule has 0 amide bonds. The van der Waals surface area contributed by atoms with E-state index < -0.39 is 0 Å². The van der Waals surface area contributed by atoms with Crippen molar-refractivity contribution < 1.29 is 0 Å². The van der Waals surface area contributed by atoms with Gasteiger partial charge in [0.25, 0.3) is 0 Å². The minimum Gasteiger partial charge on any atom is -0.356 e. The maximum absolute atomic E-state index is 4.39. The summed E-state index contributed by atoms with van der Waals surface area (Å²) in [6.07, 6.45) is 9.01. The Morgan fingerprint density at radius 3 is 2.85 bits per heavy atom. The predicted octanol–water partition coefficient (Wildman–Crippen LogP) is 2.49. The molecule has 1 aliphatic rings. The number of imidazole rings is 1. The van der Waals surface area contributed by atoms with E-state index in [1.54, 1.807) is 0 Å². The predicted molar refractivity (Wildman–Crippen MR) is 111 cm³/mol. The van der Waals surface area contributed by atoms with Crippen LogP contribution in [0.3, 0.4) is 0 Å². The van der Waals surface area contributed by atoms with E-state index in [4.69, 9.17) is 0 Å². The summed E-state index contributed by atoms with van der Waals surface area (Å²) < 4.78 is 2.10. The minimum atomic E-state index is 0.479. The molecule has 2 N–H and O–H groups in total. The highest BCUT2D eigenvalue weighted by atomic mass is 15.2. The van der Waals surface area contributed by atoms with Crippen LogP contribution in [0, 0.1) is 0 Å². The summed E-state index contributed by atoms with van der Waals surface area (Å²) in [6.45, 7) is 6.36. The van der Waals surface area contributed by atoms with Crippen LogP contribution < -0.4 is 10.6 Å². The maximum Gasteiger partial charge on any atom is 0.191 e. The van der Waals surface area contributed by atoms with Crippen LogP contribution in [-0.2, 0) is 13.1 Å². The minimum absolute atomic E-state index is 0.479. The molecule has 2 atom stereocenters. The van der Waals surface area contributed by atoms with Crippen molar-refractivity contribution in [2.75, 3.05) is 20.1 Å². The number of nitrogens with zero attached hydrogens (tertiary/aromatic N) is 4. The third-order valence-corrected chi connectivity index (χ3v) is 5.25. The van der Waals surface area contributed by atoms with Gasteiger partial charge in [-0.2, -0.15) is 0 Å². The number of hydrogen-bond donors (Lipinski definition) is 2. The van der Waals surface area contributed by atoms with Gasteiger partial charge in [0.05, 0.1) is 6.33 Å². The van der Waals surface area contributed by atoms with Gasteiger partial charge in [0.2, 0.25) is 0 Å². The fourth-order valence-electron chi connectivity index (χ4n) is 3.68. The second-order valence-electron chi connectivity index (χ2n) is 7.32. The molecule has 2 unspecified atom stereocenters. The number of likely N-dealkylation sites (tertiary alicyclic amines) is 1. The van der Waals surface area contributed by atoms with E-state index in [1.807, 2.05) is 25.8 Å². The molecule has 1 aromatic heterocycles. The molecule has 1 fully saturated rings. The van der Waals surface area contributed by atoms with Gasteiger partial charge < -0.3 is 15.2 Å². The van der Waals surface area contributed by atoms with Crippen molar-refractivity contribution in [3.63, 3.8) is 0 Å². The molecule has 1 aliphatic heterocycles. The summed E-state index contributed by atoms with van der Waals surface area (Å²) in [4.78, 5) is 11.0. The van der Waals surface area contributed by atoms with Crippen LogP contribution in [0.1, 0.15) is 31.7 Å². The molecule has 27 heavy (non-hydrogen) atoms. The van der Waals surface area contributed by atoms with E-state index in [2.05, 4.69) is 67.3 Å². The second-order valence-corrected chi connectivity index (χ2v) is 7.32. The van der Waals surface area contributed by atoms with E-state index >= 15 is 0 Å². The van der Waals surface area contributed by atoms with Gasteiger partial charge in [0.15, 0.2) is 5.96 Å². The van der Waals surface area contributed by atoms with E-state index in [9.17, 15) is 0 Å². The maximum atomic E-state index is 4.39. The second kappa shape index (κ2) is 10.1. The van der Waals surface area contributed by atoms with E-state index in [1.165, 1.54) is 5.56 Å². The van der Waals surface area contributed by atoms with Crippen molar-refractivity contribution in [3.8, 4) is 0 Å². The van der Waals surface area contributed by atoms with Gasteiger partial charge in [0.1, 0.15) is 0 Å². The summed E-state index contributed by atoms with van der Waals surface area (Å²) in [7, 11) is 1.85. The van der Waals surface area contributed by atoms with E-state index in [0.717, 1.165) is 51.4 Å². The lowest BCUT2D eigenvalue weighted by molar-refractivity contribution is 0.134. The number of aromatic nitrogens is 2. The first-order chi connectivity index (χ1) is 13.2. The SMILES string of the molecule is CN=C(NCCCn1ccnc1)NC1CCN(Cc2ccccc2)C(C)C1. The van der Waals surface area contributed by atoms with Crippen molar-refractivity contribution >= 4 is 5.96 Å².